The van der Waals surface area contributed by atoms with E-state index >= 15 is 0 Å². The minimum atomic E-state index is -0.0733. The van der Waals surface area contributed by atoms with Crippen LogP contribution in [-0.4, -0.2) is 9.97 Å². The molecular weight excluding hydrogens is 260 g/mol. The van der Waals surface area contributed by atoms with Crippen LogP contribution >= 0.6 is 0 Å². The van der Waals surface area contributed by atoms with Gasteiger partial charge in [-0.15, -0.1) is 0 Å². The van der Waals surface area contributed by atoms with Crippen LogP contribution in [0.4, 0.5) is 0 Å². The number of hydrogen-bond donors (Lipinski definition) is 2. The van der Waals surface area contributed by atoms with Crippen molar-refractivity contribution in [2.45, 2.75) is 19.4 Å². The van der Waals surface area contributed by atoms with Gasteiger partial charge in [-0.25, -0.2) is 5.43 Å². The molecule has 0 radical (unpaired) electrons. The lowest BCUT2D eigenvalue weighted by Gasteiger charge is -2.21. The van der Waals surface area contributed by atoms with Gasteiger partial charge in [-0.05, 0) is 40.6 Å². The smallest absolute Gasteiger partial charge is 0.0720 e. The third-order valence-electron chi connectivity index (χ3n) is 3.83. The zero-order chi connectivity index (χ0) is 14.7. The van der Waals surface area contributed by atoms with Crippen LogP contribution in [-0.2, 0) is 6.42 Å². The Morgan fingerprint density at radius 1 is 1.05 bits per heavy atom. The van der Waals surface area contributed by atoms with Crippen LogP contribution in [0.15, 0.2) is 55.1 Å². The van der Waals surface area contributed by atoms with Crippen molar-refractivity contribution >= 4 is 10.8 Å². The average Bonchev–Trinajstić information content (AvgIpc) is 2.56. The summed E-state index contributed by atoms with van der Waals surface area (Å²) in [6, 6.07) is 10.2. The molecule has 106 valence electrons. The van der Waals surface area contributed by atoms with Gasteiger partial charge in [0, 0.05) is 30.2 Å². The Bertz CT molecular complexity index is 749. The van der Waals surface area contributed by atoms with Gasteiger partial charge >= 0.3 is 0 Å². The predicted molar refractivity (Wildman–Crippen MR) is 84.5 cm³/mol. The Kier molecular flexibility index (Phi) is 3.90. The number of aryl methyl sites for hydroxylation is 1. The van der Waals surface area contributed by atoms with Crippen molar-refractivity contribution in [3.63, 3.8) is 0 Å². The SMILES string of the molecule is CCc1cnccc1C(NN)c1cccc2ccncc12. The molecule has 4 nitrogen and oxygen atoms in total. The molecule has 3 aromatic rings. The number of nitrogens with zero attached hydrogens (tertiary/aromatic N) is 2. The largest absolute Gasteiger partial charge is 0.271 e. The van der Waals surface area contributed by atoms with Gasteiger partial charge in [0.05, 0.1) is 6.04 Å². The number of benzene rings is 1. The quantitative estimate of drug-likeness (QED) is 0.569. The maximum atomic E-state index is 5.86. The van der Waals surface area contributed by atoms with E-state index < -0.39 is 0 Å². The second-order valence-corrected chi connectivity index (χ2v) is 4.97. The molecule has 21 heavy (non-hydrogen) atoms. The Balaban J connectivity index is 2.19. The second-order valence-electron chi connectivity index (χ2n) is 4.97. The molecule has 2 heterocycles. The van der Waals surface area contributed by atoms with Crippen LogP contribution in [0, 0.1) is 0 Å². The molecule has 4 heteroatoms. The molecular formula is C17H18N4. The van der Waals surface area contributed by atoms with Crippen molar-refractivity contribution in [2.24, 2.45) is 5.84 Å². The fourth-order valence-electron chi connectivity index (χ4n) is 2.75. The van der Waals surface area contributed by atoms with Crippen molar-refractivity contribution in [3.05, 3.63) is 71.8 Å². The monoisotopic (exact) mass is 278 g/mol. The molecule has 1 atom stereocenters. The molecule has 2 aromatic heterocycles. The summed E-state index contributed by atoms with van der Waals surface area (Å²) in [7, 11) is 0. The van der Waals surface area contributed by atoms with E-state index in [0.717, 1.165) is 28.3 Å². The summed E-state index contributed by atoms with van der Waals surface area (Å²) < 4.78 is 0. The molecule has 0 spiro atoms. The van der Waals surface area contributed by atoms with Crippen LogP contribution in [0.1, 0.15) is 29.7 Å². The fourth-order valence-corrected chi connectivity index (χ4v) is 2.75. The summed E-state index contributed by atoms with van der Waals surface area (Å²) in [6.45, 7) is 2.12. The maximum Gasteiger partial charge on any atom is 0.0720 e. The lowest BCUT2D eigenvalue weighted by Crippen LogP contribution is -2.29. The first-order valence-electron chi connectivity index (χ1n) is 7.06. The summed E-state index contributed by atoms with van der Waals surface area (Å²) in [5.41, 5.74) is 6.43. The highest BCUT2D eigenvalue weighted by molar-refractivity contribution is 5.85. The van der Waals surface area contributed by atoms with Gasteiger partial charge in [-0.1, -0.05) is 25.1 Å². The number of aromatic nitrogens is 2. The topological polar surface area (TPSA) is 63.8 Å². The summed E-state index contributed by atoms with van der Waals surface area (Å²) in [5, 5.41) is 2.27. The molecule has 0 aliphatic carbocycles. The van der Waals surface area contributed by atoms with E-state index in [2.05, 4.69) is 40.5 Å². The van der Waals surface area contributed by atoms with Crippen LogP contribution in [0.2, 0.25) is 0 Å². The first-order valence-corrected chi connectivity index (χ1v) is 7.06. The van der Waals surface area contributed by atoms with Gasteiger partial charge in [0.25, 0.3) is 0 Å². The van der Waals surface area contributed by atoms with E-state index in [-0.39, 0.29) is 6.04 Å². The van der Waals surface area contributed by atoms with E-state index in [4.69, 9.17) is 5.84 Å². The zero-order valence-corrected chi connectivity index (χ0v) is 12.0. The summed E-state index contributed by atoms with van der Waals surface area (Å²) in [6.07, 6.45) is 8.33. The van der Waals surface area contributed by atoms with E-state index in [1.165, 1.54) is 5.56 Å². The van der Waals surface area contributed by atoms with Crippen molar-refractivity contribution < 1.29 is 0 Å². The van der Waals surface area contributed by atoms with Crippen LogP contribution in [0.3, 0.4) is 0 Å². The van der Waals surface area contributed by atoms with Crippen LogP contribution in [0.25, 0.3) is 10.8 Å². The Morgan fingerprint density at radius 3 is 2.67 bits per heavy atom. The van der Waals surface area contributed by atoms with Crippen molar-refractivity contribution in [3.8, 4) is 0 Å². The van der Waals surface area contributed by atoms with Gasteiger partial charge in [0.1, 0.15) is 0 Å². The Morgan fingerprint density at radius 2 is 1.86 bits per heavy atom. The molecule has 0 fully saturated rings. The van der Waals surface area contributed by atoms with Gasteiger partial charge in [-0.3, -0.25) is 15.8 Å². The van der Waals surface area contributed by atoms with Crippen molar-refractivity contribution in [2.75, 3.05) is 0 Å². The molecule has 1 unspecified atom stereocenters. The number of rotatable bonds is 4. The third kappa shape index (κ3) is 2.51. The molecule has 0 saturated carbocycles. The highest BCUT2D eigenvalue weighted by Crippen LogP contribution is 2.29. The van der Waals surface area contributed by atoms with E-state index in [0.29, 0.717) is 0 Å². The van der Waals surface area contributed by atoms with Crippen LogP contribution < -0.4 is 11.3 Å². The molecule has 0 saturated heterocycles. The number of nitrogens with one attached hydrogen (secondary N) is 1. The summed E-state index contributed by atoms with van der Waals surface area (Å²) >= 11 is 0. The number of pyridine rings is 2. The molecule has 0 aliphatic heterocycles. The normalized spacial score (nSPS) is 12.5. The van der Waals surface area contributed by atoms with Crippen LogP contribution in [0.5, 0.6) is 0 Å². The van der Waals surface area contributed by atoms with Gasteiger partial charge in [0.2, 0.25) is 0 Å². The average molecular weight is 278 g/mol. The van der Waals surface area contributed by atoms with Gasteiger partial charge in [-0.2, -0.15) is 0 Å². The fraction of sp³-hybridized carbons (Fsp3) is 0.176. The second kappa shape index (κ2) is 5.99. The highest BCUT2D eigenvalue weighted by Gasteiger charge is 2.17. The molecule has 3 rings (SSSR count). The highest BCUT2D eigenvalue weighted by atomic mass is 15.2. The molecule has 0 aliphatic rings. The standard InChI is InChI=1S/C17H18N4/c1-2-12-10-19-9-7-14(12)17(21-18)15-5-3-4-13-6-8-20-11-16(13)15/h3-11,17,21H,2,18H2,1H3. The van der Waals surface area contributed by atoms with E-state index in [9.17, 15) is 0 Å². The van der Waals surface area contributed by atoms with E-state index in [1.807, 2.05) is 30.7 Å². The predicted octanol–water partition coefficient (Wildman–Crippen LogP) is 2.74. The van der Waals surface area contributed by atoms with Crippen molar-refractivity contribution in [1.29, 1.82) is 0 Å². The number of fused-ring (bicyclic) bond motifs is 1. The Hall–Kier alpha value is -2.30. The third-order valence-corrected chi connectivity index (χ3v) is 3.83. The lowest BCUT2D eigenvalue weighted by atomic mass is 9.92. The van der Waals surface area contributed by atoms with Gasteiger partial charge < -0.3 is 0 Å². The van der Waals surface area contributed by atoms with Gasteiger partial charge in [0.15, 0.2) is 0 Å². The molecule has 0 bridgehead atoms. The first kappa shape index (κ1) is 13.7. The molecule has 0 amide bonds. The minimum absolute atomic E-state index is 0.0733. The summed E-state index contributed by atoms with van der Waals surface area (Å²) in [4.78, 5) is 8.45. The number of hydrazine groups is 1. The van der Waals surface area contributed by atoms with Crippen molar-refractivity contribution in [1.82, 2.24) is 15.4 Å². The summed E-state index contributed by atoms with van der Waals surface area (Å²) in [5.74, 6) is 5.86. The number of hydrogen-bond acceptors (Lipinski definition) is 4. The first-order chi connectivity index (χ1) is 10.3. The zero-order valence-electron chi connectivity index (χ0n) is 12.0. The molecule has 3 N–H and O–H groups in total. The van der Waals surface area contributed by atoms with E-state index in [1.54, 1.807) is 6.20 Å². The Labute approximate surface area is 124 Å². The molecule has 1 aromatic carbocycles. The number of nitrogens with two attached hydrogens (primary N) is 1. The maximum absolute atomic E-state index is 5.86. The lowest BCUT2D eigenvalue weighted by molar-refractivity contribution is 0.634. The minimum Gasteiger partial charge on any atom is -0.271 e.